The number of carbonyl (C=O) groups excluding carboxylic acids is 1. The summed E-state index contributed by atoms with van der Waals surface area (Å²) in [6.45, 7) is 1.83. The highest BCUT2D eigenvalue weighted by atomic mass is 32.2. The number of benzene rings is 2. The van der Waals surface area contributed by atoms with Crippen LogP contribution in [0.5, 0.6) is 0 Å². The number of fused-ring (bicyclic) bond motifs is 6. The van der Waals surface area contributed by atoms with Crippen LogP contribution in [0.2, 0.25) is 0 Å². The maximum Gasteiger partial charge on any atom is 0.286 e. The van der Waals surface area contributed by atoms with Crippen LogP contribution in [0.3, 0.4) is 0 Å². The summed E-state index contributed by atoms with van der Waals surface area (Å²) in [5, 5.41) is 14.3. The molecule has 0 unspecified atom stereocenters. The summed E-state index contributed by atoms with van der Waals surface area (Å²) in [5.74, 6) is -1.34. The average Bonchev–Trinajstić information content (AvgIpc) is 3.46. The third kappa shape index (κ3) is 4.37. The van der Waals surface area contributed by atoms with Crippen molar-refractivity contribution in [3.8, 4) is 0 Å². The summed E-state index contributed by atoms with van der Waals surface area (Å²) in [6, 6.07) is 8.32. The van der Waals surface area contributed by atoms with E-state index in [1.165, 1.54) is 18.2 Å². The summed E-state index contributed by atoms with van der Waals surface area (Å²) in [6.07, 6.45) is 3.64. The third-order valence-corrected chi connectivity index (χ3v) is 10.0. The number of hydrogen-bond acceptors (Lipinski definition) is 7. The van der Waals surface area contributed by atoms with Crippen LogP contribution in [0.4, 0.5) is 15.8 Å². The van der Waals surface area contributed by atoms with Crippen LogP contribution in [0.15, 0.2) is 57.0 Å². The predicted molar refractivity (Wildman–Crippen MR) is 143 cm³/mol. The minimum Gasteiger partial charge on any atom is -0.511 e. The average molecular weight is 575 g/mol. The van der Waals surface area contributed by atoms with Crippen molar-refractivity contribution in [3.05, 3.63) is 64.7 Å². The second-order valence-corrected chi connectivity index (χ2v) is 14.1. The number of aliphatic hydroxyl groups excluding tert-OH is 1. The number of halogens is 1. The number of nitrogens with one attached hydrogen (secondary N) is 2. The standard InChI is InChI=1S/C26H27FN4O6S2/c1-13-9-14(3-7-18(13)27)12-31-23-16-5-4-15(10-16)21(23)24(32)22(26(31)33)25-28-19-8-6-17(29-38(2,34)35)11-20(19)39(36,37)30-25/h3,6-9,11,15-16,21,23,29,32H,4-5,10,12H2,1-2H3,(H,28,30)/t15-,16+,21-,23+/m1/s1. The van der Waals surface area contributed by atoms with E-state index in [2.05, 4.69) is 14.4 Å². The summed E-state index contributed by atoms with van der Waals surface area (Å²) >= 11 is 0. The molecule has 2 aliphatic carbocycles. The van der Waals surface area contributed by atoms with Gasteiger partial charge in [0, 0.05) is 24.2 Å². The molecule has 4 aliphatic rings. The lowest BCUT2D eigenvalue weighted by Gasteiger charge is -2.44. The van der Waals surface area contributed by atoms with Crippen LogP contribution in [-0.2, 0) is 31.4 Å². The minimum atomic E-state index is -4.35. The number of sulfonamides is 2. The number of amidine groups is 1. The zero-order valence-corrected chi connectivity index (χ0v) is 22.8. The van der Waals surface area contributed by atoms with Crippen LogP contribution >= 0.6 is 0 Å². The molecule has 1 amide bonds. The predicted octanol–water partition coefficient (Wildman–Crippen LogP) is 3.29. The van der Waals surface area contributed by atoms with Crippen molar-refractivity contribution in [2.45, 2.75) is 43.7 Å². The van der Waals surface area contributed by atoms with Crippen molar-refractivity contribution in [1.29, 1.82) is 0 Å². The molecule has 2 bridgehead atoms. The van der Waals surface area contributed by atoms with E-state index in [0.717, 1.165) is 37.1 Å². The molecular weight excluding hydrogens is 547 g/mol. The van der Waals surface area contributed by atoms with Gasteiger partial charge in [0.1, 0.15) is 22.0 Å². The number of rotatable bonds is 5. The van der Waals surface area contributed by atoms with Gasteiger partial charge in [0.25, 0.3) is 15.9 Å². The van der Waals surface area contributed by atoms with Gasteiger partial charge in [-0.25, -0.2) is 12.8 Å². The molecule has 10 nitrogen and oxygen atoms in total. The first-order valence-electron chi connectivity index (χ1n) is 12.6. The maximum absolute atomic E-state index is 14.0. The fourth-order valence-electron chi connectivity index (χ4n) is 6.60. The zero-order chi connectivity index (χ0) is 27.9. The van der Waals surface area contributed by atoms with Gasteiger partial charge in [-0.15, -0.1) is 4.40 Å². The van der Waals surface area contributed by atoms with Crippen LogP contribution < -0.4 is 10.0 Å². The SMILES string of the molecule is Cc1cc(CN2C(=O)C(C3=NS(=O)(=O)c4cc(NS(C)(=O)=O)ccc4N3)=C(O)[C@@H]3[C@@H]4CC[C@@H](C4)[C@@H]32)ccc1F. The highest BCUT2D eigenvalue weighted by Crippen LogP contribution is 2.55. The molecule has 2 saturated carbocycles. The molecule has 13 heteroatoms. The van der Waals surface area contributed by atoms with Gasteiger partial charge < -0.3 is 15.3 Å². The molecule has 0 spiro atoms. The molecule has 2 heterocycles. The normalized spacial score (nSPS) is 27.1. The number of carbonyl (C=O) groups is 1. The fourth-order valence-corrected chi connectivity index (χ4v) is 8.30. The van der Waals surface area contributed by atoms with Gasteiger partial charge in [-0.2, -0.15) is 8.42 Å². The lowest BCUT2D eigenvalue weighted by atomic mass is 9.77. The smallest absolute Gasteiger partial charge is 0.286 e. The molecule has 2 fully saturated rings. The Morgan fingerprint density at radius 1 is 1.18 bits per heavy atom. The Morgan fingerprint density at radius 2 is 1.92 bits per heavy atom. The molecule has 206 valence electrons. The molecule has 0 radical (unpaired) electrons. The van der Waals surface area contributed by atoms with Gasteiger partial charge >= 0.3 is 0 Å². The minimum absolute atomic E-state index is 0.0432. The Morgan fingerprint density at radius 3 is 2.64 bits per heavy atom. The first-order chi connectivity index (χ1) is 18.3. The van der Waals surface area contributed by atoms with Gasteiger partial charge in [0.05, 0.1) is 11.9 Å². The maximum atomic E-state index is 14.0. The number of amides is 1. The lowest BCUT2D eigenvalue weighted by molar-refractivity contribution is -0.134. The van der Waals surface area contributed by atoms with Crippen molar-refractivity contribution in [2.24, 2.45) is 22.2 Å². The van der Waals surface area contributed by atoms with Gasteiger partial charge in [-0.3, -0.25) is 9.52 Å². The van der Waals surface area contributed by atoms with E-state index in [1.54, 1.807) is 24.0 Å². The number of nitrogens with zero attached hydrogens (tertiary/aromatic N) is 2. The summed E-state index contributed by atoms with van der Waals surface area (Å²) in [4.78, 5) is 15.4. The van der Waals surface area contributed by atoms with Crippen molar-refractivity contribution in [1.82, 2.24) is 4.90 Å². The summed E-state index contributed by atoms with van der Waals surface area (Å²) in [5.41, 5.74) is 1.12. The third-order valence-electron chi connectivity index (χ3n) is 8.12. The lowest BCUT2D eigenvalue weighted by Crippen LogP contribution is -2.53. The summed E-state index contributed by atoms with van der Waals surface area (Å²) < 4.78 is 69.6. The second-order valence-electron chi connectivity index (χ2n) is 10.8. The van der Waals surface area contributed by atoms with Gasteiger partial charge in [0.2, 0.25) is 10.0 Å². The summed E-state index contributed by atoms with van der Waals surface area (Å²) in [7, 11) is -8.00. The quantitative estimate of drug-likeness (QED) is 0.497. The molecule has 2 aromatic carbocycles. The molecule has 2 aromatic rings. The Bertz CT molecular complexity index is 1700. The van der Waals surface area contributed by atoms with Crippen molar-refractivity contribution in [2.75, 3.05) is 16.3 Å². The zero-order valence-electron chi connectivity index (χ0n) is 21.2. The van der Waals surface area contributed by atoms with E-state index in [9.17, 15) is 31.1 Å². The molecule has 39 heavy (non-hydrogen) atoms. The van der Waals surface area contributed by atoms with Gasteiger partial charge in [0.15, 0.2) is 5.84 Å². The Hall–Kier alpha value is -3.45. The van der Waals surface area contributed by atoms with E-state index < -0.39 is 26.0 Å². The van der Waals surface area contributed by atoms with E-state index in [-0.39, 0.29) is 69.6 Å². The molecule has 0 aromatic heterocycles. The number of anilines is 2. The molecule has 4 atom stereocenters. The van der Waals surface area contributed by atoms with Crippen LogP contribution in [0.1, 0.15) is 30.4 Å². The number of hydrogen-bond donors (Lipinski definition) is 3. The first kappa shape index (κ1) is 25.8. The largest absolute Gasteiger partial charge is 0.511 e. The number of aryl methyl sites for hydroxylation is 1. The topological polar surface area (TPSA) is 145 Å². The fraction of sp³-hybridized carbons (Fsp3) is 0.385. The Kier molecular flexibility index (Phi) is 5.81. The molecular formula is C26H27FN4O6S2. The van der Waals surface area contributed by atoms with Gasteiger partial charge in [-0.1, -0.05) is 12.1 Å². The Labute approximate surface area is 225 Å². The van der Waals surface area contributed by atoms with E-state index in [0.29, 0.717) is 5.56 Å². The molecule has 0 saturated heterocycles. The van der Waals surface area contributed by atoms with E-state index >= 15 is 0 Å². The molecule has 2 aliphatic heterocycles. The van der Waals surface area contributed by atoms with Crippen molar-refractivity contribution < 1.29 is 31.1 Å². The monoisotopic (exact) mass is 574 g/mol. The highest BCUT2D eigenvalue weighted by Gasteiger charge is 2.57. The van der Waals surface area contributed by atoms with Crippen molar-refractivity contribution >= 4 is 43.2 Å². The van der Waals surface area contributed by atoms with Crippen LogP contribution in [-0.4, -0.2) is 50.9 Å². The van der Waals surface area contributed by atoms with Crippen LogP contribution in [0, 0.1) is 30.5 Å². The number of aliphatic hydroxyl groups is 1. The first-order valence-corrected chi connectivity index (χ1v) is 15.9. The Balaban J connectivity index is 1.41. The molecule has 3 N–H and O–H groups in total. The van der Waals surface area contributed by atoms with Gasteiger partial charge in [-0.05, 0) is 73.4 Å². The second kappa shape index (κ2) is 8.78. The molecule has 6 rings (SSSR count). The highest BCUT2D eigenvalue weighted by molar-refractivity contribution is 7.92. The van der Waals surface area contributed by atoms with Crippen molar-refractivity contribution in [3.63, 3.8) is 0 Å². The van der Waals surface area contributed by atoms with E-state index in [4.69, 9.17) is 0 Å². The van der Waals surface area contributed by atoms with E-state index in [1.807, 2.05) is 0 Å². The van der Waals surface area contributed by atoms with Crippen LogP contribution in [0.25, 0.3) is 0 Å².